The van der Waals surface area contributed by atoms with Gasteiger partial charge in [0.05, 0.1) is 10.9 Å². The quantitative estimate of drug-likeness (QED) is 0.165. The van der Waals surface area contributed by atoms with Gasteiger partial charge in [-0.05, 0) is 77.8 Å². The summed E-state index contributed by atoms with van der Waals surface area (Å²) in [5.74, 6) is 1.17. The maximum atomic E-state index is 5.50. The first kappa shape index (κ1) is 28.7. The normalized spacial score (nSPS) is 24.7. The molecule has 2 aliphatic rings. The Morgan fingerprint density at radius 2 is 1.59 bits per heavy atom. The minimum atomic E-state index is -0.0940. The third kappa shape index (κ3) is 3.56. The molecule has 41 heavy (non-hydrogen) atoms. The number of hydrogen-bond acceptors (Lipinski definition) is 1. The van der Waals surface area contributed by atoms with Gasteiger partial charge in [0.25, 0.3) is 5.65 Å². The van der Waals surface area contributed by atoms with Gasteiger partial charge in [-0.15, -0.1) is 0 Å². The summed E-state index contributed by atoms with van der Waals surface area (Å²) in [4.78, 5) is 5.50. The molecule has 0 radical (unpaired) electrons. The van der Waals surface area contributed by atoms with E-state index in [0.717, 1.165) is 24.8 Å². The molecule has 0 N–H and O–H groups in total. The number of imidazole rings is 1. The summed E-state index contributed by atoms with van der Waals surface area (Å²) in [6.07, 6.45) is 9.71. The van der Waals surface area contributed by atoms with Crippen LogP contribution in [0.3, 0.4) is 0 Å². The van der Waals surface area contributed by atoms with Crippen LogP contribution in [-0.2, 0) is 27.2 Å². The van der Waals surface area contributed by atoms with Crippen molar-refractivity contribution >= 4 is 27.6 Å². The largest absolute Gasteiger partial charge is 0.299 e. The highest BCUT2D eigenvalue weighted by atomic mass is 15.2. The summed E-state index contributed by atoms with van der Waals surface area (Å²) >= 11 is 0. The van der Waals surface area contributed by atoms with E-state index in [1.54, 1.807) is 11.1 Å². The van der Waals surface area contributed by atoms with Crippen molar-refractivity contribution in [1.82, 2.24) is 9.38 Å². The van der Waals surface area contributed by atoms with Gasteiger partial charge in [-0.3, -0.25) is 0 Å². The van der Waals surface area contributed by atoms with Crippen molar-refractivity contribution in [2.75, 3.05) is 0 Å². The lowest BCUT2D eigenvalue weighted by molar-refractivity contribution is -0.733. The van der Waals surface area contributed by atoms with E-state index in [9.17, 15) is 0 Å². The zero-order chi connectivity index (χ0) is 29.8. The van der Waals surface area contributed by atoms with Crippen LogP contribution >= 0.6 is 0 Å². The van der Waals surface area contributed by atoms with Crippen molar-refractivity contribution in [3.63, 3.8) is 0 Å². The second-order valence-corrected chi connectivity index (χ2v) is 15.8. The van der Waals surface area contributed by atoms with Gasteiger partial charge in [0, 0.05) is 10.8 Å². The third-order valence-corrected chi connectivity index (χ3v) is 11.9. The third-order valence-electron chi connectivity index (χ3n) is 11.9. The van der Waals surface area contributed by atoms with Crippen LogP contribution in [0.25, 0.3) is 27.6 Å². The van der Waals surface area contributed by atoms with E-state index in [-0.39, 0.29) is 27.2 Å². The lowest BCUT2D eigenvalue weighted by atomic mass is 9.60. The Kier molecular flexibility index (Phi) is 6.33. The summed E-state index contributed by atoms with van der Waals surface area (Å²) in [7, 11) is 0. The molecule has 3 heterocycles. The van der Waals surface area contributed by atoms with E-state index in [1.165, 1.54) is 65.6 Å². The summed E-state index contributed by atoms with van der Waals surface area (Å²) < 4.78 is 5.44. The van der Waals surface area contributed by atoms with Crippen LogP contribution in [0.1, 0.15) is 150 Å². The minimum Gasteiger partial charge on any atom is -0.216 e. The fourth-order valence-electron chi connectivity index (χ4n) is 9.71. The molecular formula is C38H54N3+. The summed E-state index contributed by atoms with van der Waals surface area (Å²) in [5, 5.41) is 1.36. The van der Waals surface area contributed by atoms with E-state index in [0.29, 0.717) is 0 Å². The first-order valence-corrected chi connectivity index (χ1v) is 16.6. The van der Waals surface area contributed by atoms with Crippen LogP contribution in [0.2, 0.25) is 0 Å². The Labute approximate surface area is 248 Å². The van der Waals surface area contributed by atoms with Crippen LogP contribution in [0.4, 0.5) is 0 Å². The zero-order valence-electron chi connectivity index (χ0n) is 27.9. The Balaban J connectivity index is 1.86. The molecule has 4 aromatic rings. The highest BCUT2D eigenvalue weighted by molar-refractivity contribution is 5.98. The standard InChI is InChI=1S/C38H54N3/c1-12-16-17-21-36(10)24-35(8,9)26-22-30-29(23-27(26)36)40-32-31-25(19-18-20-28(31)39-33(40)34(5,6)7)37(11,13-2)38(14-3,15-4)41(30)32/h18-20,22-23H,12-17,21,24H2,1-11H3/q+1. The van der Waals surface area contributed by atoms with E-state index in [1.807, 2.05) is 0 Å². The maximum absolute atomic E-state index is 5.50. The predicted octanol–water partition coefficient (Wildman–Crippen LogP) is 9.94. The number of rotatable bonds is 7. The number of aromatic nitrogens is 3. The summed E-state index contributed by atoms with van der Waals surface area (Å²) in [6.45, 7) is 26.7. The molecule has 6 rings (SSSR count). The van der Waals surface area contributed by atoms with Crippen molar-refractivity contribution in [2.24, 2.45) is 0 Å². The molecule has 2 unspecified atom stereocenters. The zero-order valence-corrected chi connectivity index (χ0v) is 27.9. The molecule has 3 heteroatoms. The van der Waals surface area contributed by atoms with Crippen LogP contribution in [0.5, 0.6) is 0 Å². The predicted molar refractivity (Wildman–Crippen MR) is 174 cm³/mol. The average Bonchev–Trinajstić information content (AvgIpc) is 3.36. The number of unbranched alkanes of at least 4 members (excludes halogenated alkanes) is 2. The molecule has 0 spiro atoms. The van der Waals surface area contributed by atoms with Gasteiger partial charge in [0.15, 0.2) is 11.0 Å². The Hall–Kier alpha value is -2.42. The van der Waals surface area contributed by atoms with Gasteiger partial charge in [0.2, 0.25) is 5.82 Å². The lowest BCUT2D eigenvalue weighted by Gasteiger charge is -2.48. The molecular weight excluding hydrogens is 498 g/mol. The number of hydrogen-bond donors (Lipinski definition) is 0. The molecule has 0 bridgehead atoms. The van der Waals surface area contributed by atoms with Crippen molar-refractivity contribution in [1.29, 1.82) is 0 Å². The number of nitrogens with zero attached hydrogens (tertiary/aromatic N) is 3. The molecule has 2 aromatic heterocycles. The molecule has 2 aromatic carbocycles. The van der Waals surface area contributed by atoms with Crippen LogP contribution in [0.15, 0.2) is 30.3 Å². The van der Waals surface area contributed by atoms with Crippen molar-refractivity contribution < 1.29 is 4.57 Å². The Bertz CT molecular complexity index is 1680. The molecule has 0 fully saturated rings. The van der Waals surface area contributed by atoms with Crippen LogP contribution in [0, 0.1) is 0 Å². The second-order valence-electron chi connectivity index (χ2n) is 15.8. The van der Waals surface area contributed by atoms with Gasteiger partial charge < -0.3 is 0 Å². The van der Waals surface area contributed by atoms with Crippen LogP contribution in [-0.4, -0.2) is 9.38 Å². The SMILES string of the molecule is CCCCCC1(C)CC(C)(C)c2cc3c(cc21)n1c(C(C)(C)C)nc2cccc4c2c1[n+]3C(CC)(CC)C4(C)CC. The highest BCUT2D eigenvalue weighted by Gasteiger charge is 2.58. The second kappa shape index (κ2) is 9.04. The van der Waals surface area contributed by atoms with Gasteiger partial charge >= 0.3 is 0 Å². The van der Waals surface area contributed by atoms with E-state index < -0.39 is 0 Å². The maximum Gasteiger partial charge on any atom is 0.299 e. The van der Waals surface area contributed by atoms with Crippen molar-refractivity contribution in [3.8, 4) is 0 Å². The first-order chi connectivity index (χ1) is 19.2. The molecule has 0 saturated heterocycles. The van der Waals surface area contributed by atoms with Crippen molar-refractivity contribution in [3.05, 3.63) is 52.8 Å². The van der Waals surface area contributed by atoms with Gasteiger partial charge in [0.1, 0.15) is 5.54 Å². The topological polar surface area (TPSA) is 21.2 Å². The van der Waals surface area contributed by atoms with Crippen LogP contribution < -0.4 is 4.57 Å². The number of benzene rings is 2. The molecule has 1 aliphatic carbocycles. The van der Waals surface area contributed by atoms with Crippen molar-refractivity contribution in [2.45, 2.75) is 155 Å². The minimum absolute atomic E-state index is 0.0105. The highest BCUT2D eigenvalue weighted by Crippen LogP contribution is 2.55. The average molecular weight is 553 g/mol. The molecule has 1 aliphatic heterocycles. The van der Waals surface area contributed by atoms with Gasteiger partial charge in [-0.2, -0.15) is 4.40 Å². The Morgan fingerprint density at radius 3 is 2.20 bits per heavy atom. The summed E-state index contributed by atoms with van der Waals surface area (Å²) in [5.41, 5.74) is 10.2. The molecule has 3 nitrogen and oxygen atoms in total. The number of fused-ring (bicyclic) bond motifs is 4. The van der Waals surface area contributed by atoms with E-state index in [4.69, 9.17) is 4.98 Å². The molecule has 220 valence electrons. The molecule has 2 atom stereocenters. The van der Waals surface area contributed by atoms with E-state index in [2.05, 4.69) is 115 Å². The smallest absolute Gasteiger partial charge is 0.216 e. The first-order valence-electron chi connectivity index (χ1n) is 16.6. The van der Waals surface area contributed by atoms with Gasteiger partial charge in [-0.1, -0.05) is 108 Å². The molecule has 0 amide bonds. The lowest BCUT2D eigenvalue weighted by Crippen LogP contribution is -2.67. The Morgan fingerprint density at radius 1 is 0.878 bits per heavy atom. The summed E-state index contributed by atoms with van der Waals surface area (Å²) in [6, 6.07) is 12.2. The monoisotopic (exact) mass is 552 g/mol. The van der Waals surface area contributed by atoms with Gasteiger partial charge in [-0.25, -0.2) is 9.55 Å². The molecule has 0 saturated carbocycles. The van der Waals surface area contributed by atoms with E-state index >= 15 is 0 Å². The fraction of sp³-hybridized carbons (Fsp3) is 0.632. The fourth-order valence-corrected chi connectivity index (χ4v) is 9.71.